The number of carbonyl (C=O) groups is 1. The van der Waals surface area contributed by atoms with Gasteiger partial charge in [0, 0.05) is 17.2 Å². The van der Waals surface area contributed by atoms with Crippen molar-refractivity contribution in [2.75, 3.05) is 12.1 Å². The fourth-order valence-corrected chi connectivity index (χ4v) is 4.63. The first-order valence-corrected chi connectivity index (χ1v) is 9.56. The molecule has 5 nitrogen and oxygen atoms in total. The number of fused-ring (bicyclic) bond motifs is 1. The van der Waals surface area contributed by atoms with Gasteiger partial charge in [-0.1, -0.05) is 19.8 Å². The van der Waals surface area contributed by atoms with E-state index in [-0.39, 0.29) is 24.4 Å². The minimum Gasteiger partial charge on any atom is -0.454 e. The lowest BCUT2D eigenvalue weighted by molar-refractivity contribution is -0.0962. The number of nitrogens with one attached hydrogen (secondary N) is 1. The number of ether oxygens (including phenoxy) is 3. The normalized spacial score (nSPS) is 30.0. The summed E-state index contributed by atoms with van der Waals surface area (Å²) in [6.07, 6.45) is 9.51. The molecule has 1 aromatic rings. The second-order valence-electron chi connectivity index (χ2n) is 7.72. The van der Waals surface area contributed by atoms with Gasteiger partial charge in [-0.05, 0) is 56.6 Å². The van der Waals surface area contributed by atoms with E-state index in [0.717, 1.165) is 12.3 Å². The van der Waals surface area contributed by atoms with Gasteiger partial charge in [-0.25, -0.2) is 4.79 Å². The Hall–Kier alpha value is -1.91. The molecule has 1 aromatic carbocycles. The van der Waals surface area contributed by atoms with Gasteiger partial charge >= 0.3 is 6.09 Å². The molecule has 0 saturated heterocycles. The third-order valence-corrected chi connectivity index (χ3v) is 6.25. The number of amides is 1. The van der Waals surface area contributed by atoms with E-state index in [0.29, 0.717) is 17.2 Å². The van der Waals surface area contributed by atoms with Crippen LogP contribution < -0.4 is 14.8 Å². The molecule has 1 amide bonds. The van der Waals surface area contributed by atoms with Crippen LogP contribution in [0.15, 0.2) is 18.2 Å². The highest BCUT2D eigenvalue weighted by atomic mass is 16.7. The summed E-state index contributed by atoms with van der Waals surface area (Å²) in [6.45, 7) is 2.49. The lowest BCUT2D eigenvalue weighted by atomic mass is 9.57. The molecule has 3 aliphatic rings. The predicted octanol–water partition coefficient (Wildman–Crippen LogP) is 5.10. The van der Waals surface area contributed by atoms with Gasteiger partial charge in [-0.2, -0.15) is 0 Å². The first kappa shape index (κ1) is 16.6. The molecule has 4 rings (SSSR count). The van der Waals surface area contributed by atoms with Crippen molar-refractivity contribution in [2.45, 2.75) is 64.4 Å². The highest BCUT2D eigenvalue weighted by Gasteiger charge is 2.50. The van der Waals surface area contributed by atoms with Crippen LogP contribution in [0.1, 0.15) is 58.3 Å². The maximum Gasteiger partial charge on any atom is 0.411 e. The van der Waals surface area contributed by atoms with Crippen LogP contribution in [0.25, 0.3) is 0 Å². The third kappa shape index (κ3) is 3.29. The summed E-state index contributed by atoms with van der Waals surface area (Å²) >= 11 is 0. The largest absolute Gasteiger partial charge is 0.454 e. The quantitative estimate of drug-likeness (QED) is 0.824. The van der Waals surface area contributed by atoms with Crippen LogP contribution in [0.3, 0.4) is 0 Å². The summed E-state index contributed by atoms with van der Waals surface area (Å²) in [5, 5.41) is 2.83. The molecule has 25 heavy (non-hydrogen) atoms. The Morgan fingerprint density at radius 2 is 1.96 bits per heavy atom. The average molecular weight is 345 g/mol. The summed E-state index contributed by atoms with van der Waals surface area (Å²) in [5.74, 6) is 2.24. The molecule has 0 bridgehead atoms. The Labute approximate surface area is 149 Å². The molecule has 1 N–H and O–H groups in total. The number of hydrogen-bond acceptors (Lipinski definition) is 4. The van der Waals surface area contributed by atoms with E-state index in [1.54, 1.807) is 18.2 Å². The molecule has 0 radical (unpaired) electrons. The zero-order valence-corrected chi connectivity index (χ0v) is 14.9. The maximum atomic E-state index is 12.3. The summed E-state index contributed by atoms with van der Waals surface area (Å²) in [4.78, 5) is 12.3. The molecule has 1 unspecified atom stereocenters. The number of benzene rings is 1. The topological polar surface area (TPSA) is 56.8 Å². The van der Waals surface area contributed by atoms with E-state index in [2.05, 4.69) is 12.2 Å². The van der Waals surface area contributed by atoms with Crippen LogP contribution in [0.4, 0.5) is 10.5 Å². The maximum absolute atomic E-state index is 12.3. The van der Waals surface area contributed by atoms with Gasteiger partial charge in [-0.15, -0.1) is 0 Å². The first-order chi connectivity index (χ1) is 12.2. The Morgan fingerprint density at radius 1 is 1.20 bits per heavy atom. The summed E-state index contributed by atoms with van der Waals surface area (Å²) in [7, 11) is 0. The van der Waals surface area contributed by atoms with Gasteiger partial charge in [0.05, 0.1) is 0 Å². The van der Waals surface area contributed by atoms with Crippen LogP contribution in [0, 0.1) is 11.3 Å². The van der Waals surface area contributed by atoms with Crippen LogP contribution in [-0.4, -0.2) is 19.0 Å². The first-order valence-electron chi connectivity index (χ1n) is 9.56. The molecule has 2 aliphatic carbocycles. The van der Waals surface area contributed by atoms with Crippen LogP contribution in [0.2, 0.25) is 0 Å². The zero-order chi connectivity index (χ0) is 17.3. The zero-order valence-electron chi connectivity index (χ0n) is 14.9. The second kappa shape index (κ2) is 6.77. The minimum atomic E-state index is -0.362. The van der Waals surface area contributed by atoms with Crippen molar-refractivity contribution in [3.05, 3.63) is 18.2 Å². The molecule has 5 heteroatoms. The highest BCUT2D eigenvalue weighted by molar-refractivity contribution is 5.85. The van der Waals surface area contributed by atoms with Gasteiger partial charge in [0.25, 0.3) is 0 Å². The van der Waals surface area contributed by atoms with Crippen molar-refractivity contribution >= 4 is 11.8 Å². The molecular weight excluding hydrogens is 318 g/mol. The SMILES string of the molecule is CCCC1CCC2(CC1)CCC2OC(=O)Nc1ccc2c(c1)OCO2. The number of rotatable bonds is 4. The molecule has 1 heterocycles. The summed E-state index contributed by atoms with van der Waals surface area (Å²) < 4.78 is 16.4. The van der Waals surface area contributed by atoms with Crippen LogP contribution >= 0.6 is 0 Å². The van der Waals surface area contributed by atoms with Crippen molar-refractivity contribution in [1.29, 1.82) is 0 Å². The Bertz CT molecular complexity index is 637. The van der Waals surface area contributed by atoms with Gasteiger partial charge in [0.15, 0.2) is 11.5 Å². The molecular formula is C20H27NO4. The van der Waals surface area contributed by atoms with E-state index in [1.165, 1.54) is 44.9 Å². The smallest absolute Gasteiger partial charge is 0.411 e. The molecule has 136 valence electrons. The van der Waals surface area contributed by atoms with Gasteiger partial charge in [0.1, 0.15) is 6.10 Å². The van der Waals surface area contributed by atoms with E-state index in [4.69, 9.17) is 14.2 Å². The predicted molar refractivity (Wildman–Crippen MR) is 95.0 cm³/mol. The Balaban J connectivity index is 1.31. The standard InChI is InChI=1S/C20H27NO4/c1-2-3-14-6-9-20(10-7-14)11-8-18(20)25-19(22)21-15-4-5-16-17(12-15)24-13-23-16/h4-5,12,14,18H,2-3,6-11,13H2,1H3,(H,21,22). The highest BCUT2D eigenvalue weighted by Crippen LogP contribution is 2.54. The Morgan fingerprint density at radius 3 is 2.68 bits per heavy atom. The molecule has 1 atom stereocenters. The van der Waals surface area contributed by atoms with Crippen molar-refractivity contribution in [2.24, 2.45) is 11.3 Å². The van der Waals surface area contributed by atoms with E-state index in [9.17, 15) is 4.79 Å². The van der Waals surface area contributed by atoms with E-state index >= 15 is 0 Å². The van der Waals surface area contributed by atoms with Gasteiger partial charge < -0.3 is 14.2 Å². The monoisotopic (exact) mass is 345 g/mol. The fourth-order valence-electron chi connectivity index (χ4n) is 4.63. The average Bonchev–Trinajstić information content (AvgIpc) is 3.07. The van der Waals surface area contributed by atoms with Crippen molar-refractivity contribution in [3.8, 4) is 11.5 Å². The van der Waals surface area contributed by atoms with Crippen LogP contribution in [-0.2, 0) is 4.74 Å². The van der Waals surface area contributed by atoms with Crippen molar-refractivity contribution in [3.63, 3.8) is 0 Å². The second-order valence-corrected chi connectivity index (χ2v) is 7.72. The van der Waals surface area contributed by atoms with E-state index < -0.39 is 0 Å². The minimum absolute atomic E-state index is 0.0732. The lowest BCUT2D eigenvalue weighted by Crippen LogP contribution is -2.50. The van der Waals surface area contributed by atoms with Crippen molar-refractivity contribution in [1.82, 2.24) is 0 Å². The Kier molecular flexibility index (Phi) is 4.48. The fraction of sp³-hybridized carbons (Fsp3) is 0.650. The number of hydrogen-bond donors (Lipinski definition) is 1. The summed E-state index contributed by atoms with van der Waals surface area (Å²) in [6, 6.07) is 5.38. The van der Waals surface area contributed by atoms with Gasteiger partial charge in [-0.3, -0.25) is 5.32 Å². The van der Waals surface area contributed by atoms with E-state index in [1.807, 2.05) is 0 Å². The van der Waals surface area contributed by atoms with Crippen LogP contribution in [0.5, 0.6) is 11.5 Å². The molecule has 2 fully saturated rings. The third-order valence-electron chi connectivity index (χ3n) is 6.25. The lowest BCUT2D eigenvalue weighted by Gasteiger charge is -2.52. The number of carbonyl (C=O) groups excluding carboxylic acids is 1. The number of anilines is 1. The molecule has 0 aromatic heterocycles. The van der Waals surface area contributed by atoms with Gasteiger partial charge in [0.2, 0.25) is 6.79 Å². The van der Waals surface area contributed by atoms with Crippen molar-refractivity contribution < 1.29 is 19.0 Å². The molecule has 1 spiro atoms. The molecule has 1 aliphatic heterocycles. The molecule has 2 saturated carbocycles. The summed E-state index contributed by atoms with van der Waals surface area (Å²) in [5.41, 5.74) is 0.922.